The van der Waals surface area contributed by atoms with Crippen LogP contribution in [0, 0.1) is 0 Å². The lowest BCUT2D eigenvalue weighted by atomic mass is 9.94. The molecule has 0 fully saturated rings. The second-order valence-corrected chi connectivity index (χ2v) is 6.03. The Bertz CT molecular complexity index is 732. The van der Waals surface area contributed by atoms with Gasteiger partial charge in [0.05, 0.1) is 6.04 Å². The van der Waals surface area contributed by atoms with Crippen molar-refractivity contribution in [1.29, 1.82) is 0 Å². The Hall–Kier alpha value is -1.68. The molecule has 1 atom stereocenters. The third kappa shape index (κ3) is 3.16. The quantitative estimate of drug-likeness (QED) is 0.547. The topological polar surface area (TPSA) is 38.0 Å². The van der Waals surface area contributed by atoms with Crippen molar-refractivity contribution >= 4 is 26.7 Å². The number of halogens is 1. The monoisotopic (exact) mass is 340 g/mol. The summed E-state index contributed by atoms with van der Waals surface area (Å²) >= 11 is 3.47. The van der Waals surface area contributed by atoms with Crippen molar-refractivity contribution in [2.24, 2.45) is 5.84 Å². The summed E-state index contributed by atoms with van der Waals surface area (Å²) in [5.74, 6) is 5.81. The fourth-order valence-corrected chi connectivity index (χ4v) is 2.93. The van der Waals surface area contributed by atoms with Crippen molar-refractivity contribution in [3.63, 3.8) is 0 Å². The maximum absolute atomic E-state index is 5.81. The first kappa shape index (κ1) is 14.3. The van der Waals surface area contributed by atoms with E-state index >= 15 is 0 Å². The average molecular weight is 341 g/mol. The summed E-state index contributed by atoms with van der Waals surface area (Å²) in [5, 5.41) is 2.49. The van der Waals surface area contributed by atoms with Gasteiger partial charge in [0, 0.05) is 4.47 Å². The Kier molecular flexibility index (Phi) is 4.34. The first-order valence-corrected chi connectivity index (χ1v) is 7.75. The summed E-state index contributed by atoms with van der Waals surface area (Å²) in [4.78, 5) is 0. The molecule has 0 heterocycles. The molecular weight excluding hydrogens is 324 g/mol. The third-order valence-corrected chi connectivity index (χ3v) is 4.28. The number of hydrazine groups is 1. The van der Waals surface area contributed by atoms with Crippen LogP contribution in [0.5, 0.6) is 0 Å². The molecule has 0 spiro atoms. The van der Waals surface area contributed by atoms with Gasteiger partial charge in [-0.2, -0.15) is 0 Å². The van der Waals surface area contributed by atoms with Gasteiger partial charge in [-0.3, -0.25) is 11.3 Å². The third-order valence-electron chi connectivity index (χ3n) is 3.75. The molecule has 0 radical (unpaired) electrons. The Morgan fingerprint density at radius 2 is 1.62 bits per heavy atom. The van der Waals surface area contributed by atoms with Gasteiger partial charge in [-0.05, 0) is 40.5 Å². The van der Waals surface area contributed by atoms with Crippen molar-refractivity contribution in [2.75, 3.05) is 0 Å². The lowest BCUT2D eigenvalue weighted by molar-refractivity contribution is 0.555. The molecule has 0 saturated carbocycles. The highest BCUT2D eigenvalue weighted by molar-refractivity contribution is 9.10. The summed E-state index contributed by atoms with van der Waals surface area (Å²) in [7, 11) is 0. The minimum Gasteiger partial charge on any atom is -0.271 e. The first-order chi connectivity index (χ1) is 10.3. The van der Waals surface area contributed by atoms with E-state index in [9.17, 15) is 0 Å². The predicted octanol–water partition coefficient (Wildman–Crippen LogP) is 4.35. The van der Waals surface area contributed by atoms with Crippen LogP contribution in [-0.4, -0.2) is 0 Å². The molecule has 1 unspecified atom stereocenters. The molecule has 3 rings (SSSR count). The van der Waals surface area contributed by atoms with Crippen LogP contribution >= 0.6 is 15.9 Å². The molecule has 3 aromatic rings. The summed E-state index contributed by atoms with van der Waals surface area (Å²) in [6.45, 7) is 0. The van der Waals surface area contributed by atoms with Gasteiger partial charge in [-0.1, -0.05) is 70.5 Å². The minimum atomic E-state index is 0.0947. The molecule has 0 amide bonds. The maximum Gasteiger partial charge on any atom is 0.0506 e. The highest BCUT2D eigenvalue weighted by Crippen LogP contribution is 2.26. The lowest BCUT2D eigenvalue weighted by Crippen LogP contribution is -2.29. The van der Waals surface area contributed by atoms with Crippen LogP contribution in [0.25, 0.3) is 10.8 Å². The number of hydrogen-bond donors (Lipinski definition) is 2. The molecule has 0 bridgehead atoms. The van der Waals surface area contributed by atoms with Gasteiger partial charge in [-0.25, -0.2) is 0 Å². The van der Waals surface area contributed by atoms with Crippen LogP contribution in [0.4, 0.5) is 0 Å². The van der Waals surface area contributed by atoms with E-state index in [0.717, 1.165) is 10.9 Å². The van der Waals surface area contributed by atoms with Crippen molar-refractivity contribution in [2.45, 2.75) is 12.5 Å². The number of rotatable bonds is 4. The molecule has 3 N–H and O–H groups in total. The Balaban J connectivity index is 1.96. The molecule has 0 aliphatic carbocycles. The molecular formula is C18H17BrN2. The Labute approximate surface area is 133 Å². The fraction of sp³-hybridized carbons (Fsp3) is 0.111. The van der Waals surface area contributed by atoms with Gasteiger partial charge in [0.25, 0.3) is 0 Å². The summed E-state index contributed by atoms with van der Waals surface area (Å²) in [6, 6.07) is 23.2. The van der Waals surface area contributed by atoms with Crippen LogP contribution in [-0.2, 0) is 6.42 Å². The van der Waals surface area contributed by atoms with Crippen LogP contribution in [0.2, 0.25) is 0 Å². The van der Waals surface area contributed by atoms with Gasteiger partial charge in [0.1, 0.15) is 0 Å². The highest BCUT2D eigenvalue weighted by atomic mass is 79.9. The van der Waals surface area contributed by atoms with Gasteiger partial charge in [-0.15, -0.1) is 0 Å². The zero-order valence-electron chi connectivity index (χ0n) is 11.6. The molecule has 3 aromatic carbocycles. The molecule has 21 heavy (non-hydrogen) atoms. The Morgan fingerprint density at radius 3 is 2.38 bits per heavy atom. The number of nitrogens with two attached hydrogens (primary N) is 1. The number of fused-ring (bicyclic) bond motifs is 1. The van der Waals surface area contributed by atoms with Crippen LogP contribution in [0.1, 0.15) is 17.2 Å². The van der Waals surface area contributed by atoms with E-state index in [-0.39, 0.29) is 6.04 Å². The second-order valence-electron chi connectivity index (χ2n) is 5.12. The van der Waals surface area contributed by atoms with Crippen molar-refractivity contribution in [3.8, 4) is 0 Å². The molecule has 0 aliphatic rings. The van der Waals surface area contributed by atoms with E-state index in [1.54, 1.807) is 0 Å². The maximum atomic E-state index is 5.81. The SMILES string of the molecule is NNC(Cc1ccc(Br)cc1)c1cccc2ccccc12. The summed E-state index contributed by atoms with van der Waals surface area (Å²) in [6.07, 6.45) is 0.859. The summed E-state index contributed by atoms with van der Waals surface area (Å²) in [5.41, 5.74) is 5.46. The van der Waals surface area contributed by atoms with Gasteiger partial charge < -0.3 is 0 Å². The van der Waals surface area contributed by atoms with E-state index in [0.29, 0.717) is 0 Å². The molecule has 106 valence electrons. The summed E-state index contributed by atoms with van der Waals surface area (Å²) < 4.78 is 1.09. The molecule has 0 aliphatic heterocycles. The van der Waals surface area contributed by atoms with Crippen LogP contribution < -0.4 is 11.3 Å². The average Bonchev–Trinajstić information content (AvgIpc) is 2.54. The van der Waals surface area contributed by atoms with E-state index in [1.807, 2.05) is 0 Å². The number of hydrogen-bond acceptors (Lipinski definition) is 2. The fourth-order valence-electron chi connectivity index (χ4n) is 2.67. The van der Waals surface area contributed by atoms with Crippen LogP contribution in [0.3, 0.4) is 0 Å². The minimum absolute atomic E-state index is 0.0947. The highest BCUT2D eigenvalue weighted by Gasteiger charge is 2.13. The zero-order valence-corrected chi connectivity index (χ0v) is 13.2. The number of nitrogens with one attached hydrogen (secondary N) is 1. The Morgan fingerprint density at radius 1 is 0.905 bits per heavy atom. The van der Waals surface area contributed by atoms with Gasteiger partial charge >= 0.3 is 0 Å². The van der Waals surface area contributed by atoms with E-state index < -0.39 is 0 Å². The number of benzene rings is 3. The predicted molar refractivity (Wildman–Crippen MR) is 91.9 cm³/mol. The standard InChI is InChI=1S/C18H17BrN2/c19-15-10-8-13(9-11-15)12-18(21-20)17-7-3-5-14-4-1-2-6-16(14)17/h1-11,18,21H,12,20H2. The lowest BCUT2D eigenvalue weighted by Gasteiger charge is -2.18. The molecule has 3 heteroatoms. The van der Waals surface area contributed by atoms with E-state index in [1.165, 1.54) is 21.9 Å². The normalized spacial score (nSPS) is 12.5. The van der Waals surface area contributed by atoms with Gasteiger partial charge in [0.2, 0.25) is 0 Å². The molecule has 0 aromatic heterocycles. The van der Waals surface area contributed by atoms with E-state index in [2.05, 4.69) is 88.1 Å². The second kappa shape index (κ2) is 6.39. The molecule has 0 saturated heterocycles. The zero-order chi connectivity index (χ0) is 14.7. The van der Waals surface area contributed by atoms with Crippen LogP contribution in [0.15, 0.2) is 71.2 Å². The van der Waals surface area contributed by atoms with Gasteiger partial charge in [0.15, 0.2) is 0 Å². The van der Waals surface area contributed by atoms with Crippen molar-refractivity contribution < 1.29 is 0 Å². The van der Waals surface area contributed by atoms with Crippen molar-refractivity contribution in [1.82, 2.24) is 5.43 Å². The smallest absolute Gasteiger partial charge is 0.0506 e. The van der Waals surface area contributed by atoms with Crippen molar-refractivity contribution in [3.05, 3.63) is 82.3 Å². The van der Waals surface area contributed by atoms with E-state index in [4.69, 9.17) is 5.84 Å². The first-order valence-electron chi connectivity index (χ1n) is 6.96. The largest absolute Gasteiger partial charge is 0.271 e. The molecule has 2 nitrogen and oxygen atoms in total.